The highest BCUT2D eigenvalue weighted by Gasteiger charge is 2.44. The van der Waals surface area contributed by atoms with Crippen LogP contribution in [0.2, 0.25) is 0 Å². The molecule has 0 amide bonds. The van der Waals surface area contributed by atoms with Crippen molar-refractivity contribution in [2.75, 3.05) is 19.1 Å². The molecule has 10 heteroatoms. The maximum atomic E-state index is 14.9. The number of nitrogens with two attached hydrogens (primary N) is 1. The first-order chi connectivity index (χ1) is 15.3. The molecule has 0 spiro atoms. The van der Waals surface area contributed by atoms with E-state index in [1.165, 1.54) is 0 Å². The molecule has 1 aliphatic rings. The number of esters is 2. The van der Waals surface area contributed by atoms with Crippen LogP contribution in [-0.4, -0.2) is 26.2 Å². The van der Waals surface area contributed by atoms with Gasteiger partial charge in [0, 0.05) is 11.0 Å². The summed E-state index contributed by atoms with van der Waals surface area (Å²) in [4.78, 5) is 26.4. The van der Waals surface area contributed by atoms with Gasteiger partial charge in [0.15, 0.2) is 5.82 Å². The Morgan fingerprint density at radius 1 is 1.12 bits per heavy atom. The van der Waals surface area contributed by atoms with E-state index in [4.69, 9.17) is 15.2 Å². The normalized spacial score (nSPS) is 16.0. The predicted molar refractivity (Wildman–Crippen MR) is 113 cm³/mol. The van der Waals surface area contributed by atoms with Crippen LogP contribution in [-0.2, 0) is 19.1 Å². The Balaban J connectivity index is 2.48. The third-order valence-electron chi connectivity index (χ3n) is 4.84. The highest BCUT2D eigenvalue weighted by atomic mass is 32.1. The lowest BCUT2D eigenvalue weighted by Crippen LogP contribution is -2.41. The molecule has 0 saturated heterocycles. The van der Waals surface area contributed by atoms with Crippen LogP contribution in [0.3, 0.4) is 0 Å². The fourth-order valence-corrected chi connectivity index (χ4v) is 3.85. The molecule has 32 heavy (non-hydrogen) atoms. The van der Waals surface area contributed by atoms with Crippen LogP contribution in [0.4, 0.5) is 14.5 Å². The number of ether oxygens (including phenoxy) is 2. The monoisotopic (exact) mass is 457 g/mol. The number of halogens is 2. The number of hydrogen-bond donors (Lipinski definition) is 2. The van der Waals surface area contributed by atoms with Crippen LogP contribution in [0.15, 0.2) is 70.0 Å². The quantitative estimate of drug-likeness (QED) is 0.537. The second kappa shape index (κ2) is 9.11. The average Bonchev–Trinajstić information content (AvgIpc) is 2.78. The van der Waals surface area contributed by atoms with Gasteiger partial charge in [-0.1, -0.05) is 30.3 Å². The predicted octanol–water partition coefficient (Wildman–Crippen LogP) is 3.15. The van der Waals surface area contributed by atoms with Crippen molar-refractivity contribution in [2.24, 2.45) is 5.73 Å². The number of thiol groups is 1. The van der Waals surface area contributed by atoms with Gasteiger partial charge >= 0.3 is 11.9 Å². The first-order valence-corrected chi connectivity index (χ1v) is 9.55. The summed E-state index contributed by atoms with van der Waals surface area (Å²) in [5.41, 5.74) is 5.34. The molecule has 7 nitrogen and oxygen atoms in total. The first kappa shape index (κ1) is 22.8. The van der Waals surface area contributed by atoms with Crippen molar-refractivity contribution in [1.29, 1.82) is 5.26 Å². The molecule has 2 N–H and O–H groups in total. The van der Waals surface area contributed by atoms with Gasteiger partial charge < -0.3 is 15.2 Å². The minimum Gasteiger partial charge on any atom is -0.466 e. The molecule has 0 aromatic heterocycles. The number of hydrogen-bond acceptors (Lipinski definition) is 8. The van der Waals surface area contributed by atoms with E-state index in [9.17, 15) is 23.6 Å². The van der Waals surface area contributed by atoms with E-state index in [0.29, 0.717) is 11.6 Å². The molecule has 0 bridgehead atoms. The molecule has 0 saturated carbocycles. The van der Waals surface area contributed by atoms with E-state index in [-0.39, 0.29) is 21.9 Å². The zero-order valence-corrected chi connectivity index (χ0v) is 17.8. The summed E-state index contributed by atoms with van der Waals surface area (Å²) in [6, 6.07) is 11.7. The second-order valence-corrected chi connectivity index (χ2v) is 7.07. The number of carbonyl (C=O) groups excluding carboxylic acids is 2. The van der Waals surface area contributed by atoms with Crippen molar-refractivity contribution in [3.63, 3.8) is 0 Å². The third-order valence-corrected chi connectivity index (χ3v) is 5.18. The summed E-state index contributed by atoms with van der Waals surface area (Å²) >= 11 is 4.11. The number of methoxy groups -OCH3 is 2. The molecule has 0 radical (unpaired) electrons. The van der Waals surface area contributed by atoms with Crippen molar-refractivity contribution >= 4 is 30.3 Å². The molecule has 1 heterocycles. The van der Waals surface area contributed by atoms with Crippen LogP contribution in [0.5, 0.6) is 0 Å². The Morgan fingerprint density at radius 3 is 2.28 bits per heavy atom. The molecule has 1 aliphatic heterocycles. The smallest absolute Gasteiger partial charge is 0.355 e. The maximum absolute atomic E-state index is 14.9. The van der Waals surface area contributed by atoms with E-state index in [1.54, 1.807) is 30.3 Å². The Hall–Kier alpha value is -3.84. The Kier molecular flexibility index (Phi) is 6.50. The van der Waals surface area contributed by atoms with Gasteiger partial charge in [-0.2, -0.15) is 5.26 Å². The molecule has 0 aliphatic carbocycles. The molecule has 1 atom stereocenters. The van der Waals surface area contributed by atoms with Gasteiger partial charge in [0.1, 0.15) is 17.3 Å². The third kappa shape index (κ3) is 3.78. The van der Waals surface area contributed by atoms with Gasteiger partial charge in [-0.3, -0.25) is 4.90 Å². The molecule has 1 unspecified atom stereocenters. The fraction of sp³-hybridized carbons (Fsp3) is 0.136. The van der Waals surface area contributed by atoms with Crippen LogP contribution in [0, 0.1) is 23.0 Å². The van der Waals surface area contributed by atoms with Crippen molar-refractivity contribution in [3.05, 3.63) is 82.3 Å². The Labute approximate surface area is 187 Å². The van der Waals surface area contributed by atoms with Gasteiger partial charge in [-0.15, -0.1) is 12.6 Å². The van der Waals surface area contributed by atoms with Gasteiger partial charge in [-0.05, 0) is 11.6 Å². The topological polar surface area (TPSA) is 106 Å². The number of allylic oxidation sites excluding steroid dienone is 1. The molecule has 3 rings (SSSR count). The van der Waals surface area contributed by atoms with Crippen molar-refractivity contribution in [1.82, 2.24) is 0 Å². The Morgan fingerprint density at radius 2 is 1.75 bits per heavy atom. The number of nitriles is 1. The zero-order chi connectivity index (χ0) is 23.6. The van der Waals surface area contributed by atoms with Crippen LogP contribution < -0.4 is 10.6 Å². The largest absolute Gasteiger partial charge is 0.466 e. The minimum atomic E-state index is -1.13. The molecule has 164 valence electrons. The van der Waals surface area contributed by atoms with E-state index >= 15 is 0 Å². The van der Waals surface area contributed by atoms with Crippen LogP contribution in [0.25, 0.3) is 0 Å². The number of anilines is 1. The van der Waals surface area contributed by atoms with Gasteiger partial charge in [0.25, 0.3) is 0 Å². The molecular formula is C22H17F2N3O4S. The van der Waals surface area contributed by atoms with Crippen molar-refractivity contribution < 1.29 is 27.8 Å². The maximum Gasteiger partial charge on any atom is 0.355 e. The van der Waals surface area contributed by atoms with E-state index in [0.717, 1.165) is 25.2 Å². The molecular weight excluding hydrogens is 440 g/mol. The Bertz CT molecular complexity index is 1180. The van der Waals surface area contributed by atoms with Crippen molar-refractivity contribution in [2.45, 2.75) is 10.8 Å². The highest BCUT2D eigenvalue weighted by molar-refractivity contribution is 7.80. The number of rotatable bonds is 4. The van der Waals surface area contributed by atoms with Gasteiger partial charge in [0.2, 0.25) is 0 Å². The first-order valence-electron chi connectivity index (χ1n) is 9.10. The lowest BCUT2D eigenvalue weighted by Gasteiger charge is -2.36. The summed E-state index contributed by atoms with van der Waals surface area (Å²) in [6.07, 6.45) is 0. The van der Waals surface area contributed by atoms with Crippen molar-refractivity contribution in [3.8, 4) is 6.07 Å². The number of benzene rings is 2. The SMILES string of the molecule is COC(=O)C1=C(C(=O)OC)N(c2c(F)cc(F)cc2S)C(N)=C(C#N)C1c1ccccc1. The lowest BCUT2D eigenvalue weighted by atomic mass is 9.81. The summed E-state index contributed by atoms with van der Waals surface area (Å²) < 4.78 is 38.3. The number of carbonyl (C=O) groups is 2. The number of nitrogens with zero attached hydrogens (tertiary/aromatic N) is 2. The van der Waals surface area contributed by atoms with E-state index in [1.807, 2.05) is 6.07 Å². The summed E-state index contributed by atoms with van der Waals surface area (Å²) in [5.74, 6) is -5.52. The highest BCUT2D eigenvalue weighted by Crippen LogP contribution is 2.45. The zero-order valence-electron chi connectivity index (χ0n) is 16.9. The molecule has 2 aromatic rings. The summed E-state index contributed by atoms with van der Waals surface area (Å²) in [6.45, 7) is 0. The van der Waals surface area contributed by atoms with Crippen LogP contribution in [0.1, 0.15) is 11.5 Å². The summed E-state index contributed by atoms with van der Waals surface area (Å²) in [7, 11) is 2.15. The fourth-order valence-electron chi connectivity index (χ4n) is 3.52. The van der Waals surface area contributed by atoms with Gasteiger partial charge in [0.05, 0.1) is 43.0 Å². The molecule has 0 fully saturated rings. The standard InChI is InChI=1S/C22H17F2N3O4S/c1-30-21(28)17-16(11-6-4-3-5-7-11)13(10-25)20(26)27(19(17)22(29)31-2)18-14(24)8-12(23)9-15(18)32/h3-9,16,32H,26H2,1-2H3. The van der Waals surface area contributed by atoms with E-state index in [2.05, 4.69) is 12.6 Å². The van der Waals surface area contributed by atoms with Gasteiger partial charge in [-0.25, -0.2) is 18.4 Å². The molecule has 2 aromatic carbocycles. The lowest BCUT2D eigenvalue weighted by molar-refractivity contribution is -0.139. The average molecular weight is 457 g/mol. The van der Waals surface area contributed by atoms with Crippen LogP contribution >= 0.6 is 12.6 Å². The second-order valence-electron chi connectivity index (χ2n) is 6.59. The van der Waals surface area contributed by atoms with E-state index < -0.39 is 40.9 Å². The minimum absolute atomic E-state index is 0.152. The summed E-state index contributed by atoms with van der Waals surface area (Å²) in [5, 5.41) is 9.92.